The summed E-state index contributed by atoms with van der Waals surface area (Å²) in [6.45, 7) is 10.3. The minimum Gasteiger partial charge on any atom is -0.444 e. The van der Waals surface area contributed by atoms with Gasteiger partial charge in [0, 0.05) is 25.0 Å². The van der Waals surface area contributed by atoms with Crippen molar-refractivity contribution in [3.63, 3.8) is 0 Å². The van der Waals surface area contributed by atoms with E-state index in [1.54, 1.807) is 30.6 Å². The first kappa shape index (κ1) is 29.3. The Kier molecular flexibility index (Phi) is 7.16. The van der Waals surface area contributed by atoms with Crippen molar-refractivity contribution in [1.82, 2.24) is 29.7 Å². The molecule has 2 fully saturated rings. The largest absolute Gasteiger partial charge is 0.444 e. The molecule has 2 aliphatic rings. The number of nitrogens with one attached hydrogen (secondary N) is 1. The zero-order chi connectivity index (χ0) is 31.4. The molecule has 2 amide bonds. The first-order chi connectivity index (χ1) is 20.8. The van der Waals surface area contributed by atoms with E-state index in [-0.39, 0.29) is 18.2 Å². The third-order valence-corrected chi connectivity index (χ3v) is 8.88. The number of rotatable bonds is 6. The fourth-order valence-corrected chi connectivity index (χ4v) is 6.53. The summed E-state index contributed by atoms with van der Waals surface area (Å²) in [7, 11) is 0. The summed E-state index contributed by atoms with van der Waals surface area (Å²) in [4.78, 5) is 34.0. The highest BCUT2D eigenvalue weighted by Gasteiger charge is 2.45. The van der Waals surface area contributed by atoms with E-state index in [1.807, 2.05) is 43.9 Å². The molecular formula is C30H34N10O3S. The van der Waals surface area contributed by atoms with E-state index in [0.29, 0.717) is 46.3 Å². The Labute approximate surface area is 258 Å². The number of primary amides is 1. The van der Waals surface area contributed by atoms with E-state index >= 15 is 0 Å². The van der Waals surface area contributed by atoms with Crippen LogP contribution in [0.1, 0.15) is 53.0 Å². The number of hydrogen-bond acceptors (Lipinski definition) is 11. The second kappa shape index (κ2) is 10.7. The number of anilines is 2. The fraction of sp³-hybridized carbons (Fsp3) is 0.433. The molecule has 2 aliphatic heterocycles. The number of pyridine rings is 1. The van der Waals surface area contributed by atoms with Gasteiger partial charge in [0.05, 0.1) is 46.3 Å². The summed E-state index contributed by atoms with van der Waals surface area (Å²) in [5.74, 6) is -0.517. The van der Waals surface area contributed by atoms with Crippen molar-refractivity contribution in [2.75, 3.05) is 23.3 Å². The van der Waals surface area contributed by atoms with Gasteiger partial charge in [0.1, 0.15) is 17.2 Å². The van der Waals surface area contributed by atoms with Crippen LogP contribution >= 0.6 is 11.3 Å². The van der Waals surface area contributed by atoms with Gasteiger partial charge in [-0.05, 0) is 71.7 Å². The van der Waals surface area contributed by atoms with E-state index < -0.39 is 17.0 Å². The van der Waals surface area contributed by atoms with Gasteiger partial charge in [-0.15, -0.1) is 10.2 Å². The third kappa shape index (κ3) is 5.50. The molecular weight excluding hydrogens is 580 g/mol. The van der Waals surface area contributed by atoms with Gasteiger partial charge < -0.3 is 20.7 Å². The highest BCUT2D eigenvalue weighted by atomic mass is 32.1. The van der Waals surface area contributed by atoms with Gasteiger partial charge in [0.25, 0.3) is 0 Å². The van der Waals surface area contributed by atoms with Crippen LogP contribution in [0.2, 0.25) is 0 Å². The van der Waals surface area contributed by atoms with Gasteiger partial charge in [-0.3, -0.25) is 14.7 Å². The lowest BCUT2D eigenvalue weighted by atomic mass is 10.0. The molecule has 4 aromatic heterocycles. The van der Waals surface area contributed by atoms with Crippen molar-refractivity contribution in [2.24, 2.45) is 5.73 Å². The number of piperazine rings is 1. The Balaban J connectivity index is 1.30. The van der Waals surface area contributed by atoms with Crippen LogP contribution in [-0.4, -0.2) is 78.0 Å². The van der Waals surface area contributed by atoms with Crippen LogP contribution in [0.3, 0.4) is 0 Å². The smallest absolute Gasteiger partial charge is 0.410 e. The monoisotopic (exact) mass is 614 g/mol. The van der Waals surface area contributed by atoms with Gasteiger partial charge >= 0.3 is 6.09 Å². The summed E-state index contributed by atoms with van der Waals surface area (Å²) in [6, 6.07) is 9.52. The van der Waals surface area contributed by atoms with E-state index in [9.17, 15) is 14.9 Å². The van der Waals surface area contributed by atoms with Crippen LogP contribution in [0, 0.1) is 11.3 Å². The number of carbonyl (C=O) groups is 2. The van der Waals surface area contributed by atoms with E-state index in [2.05, 4.69) is 31.6 Å². The molecule has 0 spiro atoms. The minimum atomic E-state index is -1.07. The molecule has 14 heteroatoms. The molecule has 2 atom stereocenters. The molecule has 6 heterocycles. The maximum absolute atomic E-state index is 12.9. The van der Waals surface area contributed by atoms with Crippen molar-refractivity contribution in [3.05, 3.63) is 42.2 Å². The molecule has 44 heavy (non-hydrogen) atoms. The van der Waals surface area contributed by atoms with Gasteiger partial charge in [0.15, 0.2) is 5.01 Å². The lowest BCUT2D eigenvalue weighted by Crippen LogP contribution is -2.56. The third-order valence-electron chi connectivity index (χ3n) is 7.86. The van der Waals surface area contributed by atoms with Crippen molar-refractivity contribution in [3.8, 4) is 28.0 Å². The zero-order valence-electron chi connectivity index (χ0n) is 25.2. The Hall–Kier alpha value is -4.77. The van der Waals surface area contributed by atoms with Crippen molar-refractivity contribution in [2.45, 2.75) is 70.7 Å². The van der Waals surface area contributed by atoms with Crippen LogP contribution < -0.4 is 16.0 Å². The topological polar surface area (TPSA) is 168 Å². The average Bonchev–Trinajstić information content (AvgIpc) is 3.67. The summed E-state index contributed by atoms with van der Waals surface area (Å²) < 4.78 is 7.39. The van der Waals surface area contributed by atoms with Crippen LogP contribution in [0.15, 0.2) is 36.7 Å². The van der Waals surface area contributed by atoms with Gasteiger partial charge in [0.2, 0.25) is 11.0 Å². The molecule has 228 valence electrons. The first-order valence-electron chi connectivity index (χ1n) is 14.4. The SMILES string of the molecule is CC(C)(C)OC(=O)N1C2CCC1CN(c1nnc(-c3cnc(-c4ccc5cc(C#N)cnn45)cc3NC(C)(C)C(N)=O)s1)C2. The number of aromatic nitrogens is 5. The van der Waals surface area contributed by atoms with Gasteiger partial charge in [-0.25, -0.2) is 9.31 Å². The molecule has 6 rings (SSSR count). The number of nitriles is 1. The van der Waals surface area contributed by atoms with Crippen molar-refractivity contribution < 1.29 is 14.3 Å². The molecule has 0 saturated carbocycles. The molecule has 13 nitrogen and oxygen atoms in total. The number of hydrogen-bond donors (Lipinski definition) is 2. The Bertz CT molecular complexity index is 1790. The Morgan fingerprint density at radius 3 is 2.48 bits per heavy atom. The molecule has 2 unspecified atom stereocenters. The highest BCUT2D eigenvalue weighted by Crippen LogP contribution is 2.39. The van der Waals surface area contributed by atoms with Gasteiger partial charge in [-0.2, -0.15) is 10.4 Å². The van der Waals surface area contributed by atoms with Crippen LogP contribution in [0.4, 0.5) is 15.6 Å². The molecule has 0 aromatic carbocycles. The van der Waals surface area contributed by atoms with Crippen LogP contribution in [0.25, 0.3) is 27.5 Å². The number of nitrogens with two attached hydrogens (primary N) is 1. The molecule has 4 aromatic rings. The summed E-state index contributed by atoms with van der Waals surface area (Å²) in [5, 5.41) is 27.3. The van der Waals surface area contributed by atoms with Gasteiger partial charge in [-0.1, -0.05) is 11.3 Å². The van der Waals surface area contributed by atoms with Crippen molar-refractivity contribution in [1.29, 1.82) is 5.26 Å². The number of fused-ring (bicyclic) bond motifs is 3. The standard InChI is InChI=1S/C30H34N10O3S/c1-29(2,3)43-28(42)39-19-6-7-20(39)16-38(15-19)27-37-36-25(44-27)21-14-33-23(11-22(21)35-30(4,5)26(32)41)24-9-8-18-10-17(12-31)13-34-40(18)24/h8-11,13-14,19-20H,6-7,15-16H2,1-5H3,(H2,32,41)(H,33,35). The quantitative estimate of drug-likeness (QED) is 0.323. The second-order valence-electron chi connectivity index (χ2n) is 12.7. The summed E-state index contributed by atoms with van der Waals surface area (Å²) in [6.07, 6.45) is 4.76. The number of carbonyl (C=O) groups excluding carboxylic acids is 2. The number of amides is 2. The number of nitrogens with zero attached hydrogens (tertiary/aromatic N) is 8. The molecule has 0 radical (unpaired) electrons. The van der Waals surface area contributed by atoms with E-state index in [0.717, 1.165) is 23.5 Å². The zero-order valence-corrected chi connectivity index (χ0v) is 26.1. The molecule has 0 aliphatic carbocycles. The molecule has 2 saturated heterocycles. The number of ether oxygens (including phenoxy) is 1. The van der Waals surface area contributed by atoms with E-state index in [1.165, 1.54) is 17.5 Å². The summed E-state index contributed by atoms with van der Waals surface area (Å²) in [5.41, 5.74) is 7.91. The predicted octanol–water partition coefficient (Wildman–Crippen LogP) is 4.05. The average molecular weight is 615 g/mol. The van der Waals surface area contributed by atoms with Crippen molar-refractivity contribution >= 4 is 39.7 Å². The molecule has 2 bridgehead atoms. The van der Waals surface area contributed by atoms with E-state index in [4.69, 9.17) is 15.5 Å². The van der Waals surface area contributed by atoms with Crippen LogP contribution in [-0.2, 0) is 9.53 Å². The second-order valence-corrected chi connectivity index (χ2v) is 13.7. The Morgan fingerprint density at radius 2 is 1.82 bits per heavy atom. The fourth-order valence-electron chi connectivity index (χ4n) is 5.65. The molecule has 3 N–H and O–H groups in total. The highest BCUT2D eigenvalue weighted by molar-refractivity contribution is 7.18. The first-order valence-corrected chi connectivity index (χ1v) is 15.2. The predicted molar refractivity (Wildman–Crippen MR) is 166 cm³/mol. The van der Waals surface area contributed by atoms with Crippen LogP contribution in [0.5, 0.6) is 0 Å². The normalized spacial score (nSPS) is 18.4. The maximum atomic E-state index is 12.9. The minimum absolute atomic E-state index is 0.0419. The maximum Gasteiger partial charge on any atom is 0.410 e. The lowest BCUT2D eigenvalue weighted by molar-refractivity contribution is -0.121. The lowest BCUT2D eigenvalue weighted by Gasteiger charge is -2.41. The Morgan fingerprint density at radius 1 is 1.09 bits per heavy atom. The summed E-state index contributed by atoms with van der Waals surface area (Å²) >= 11 is 1.43.